The fourth-order valence-electron chi connectivity index (χ4n) is 2.84. The van der Waals surface area contributed by atoms with Crippen LogP contribution in [-0.4, -0.2) is 24.8 Å². The van der Waals surface area contributed by atoms with Crippen LogP contribution in [0.2, 0.25) is 0 Å². The molecule has 142 valence electrons. The summed E-state index contributed by atoms with van der Waals surface area (Å²) >= 11 is 0. The average Bonchev–Trinajstić information content (AvgIpc) is 3.00. The smallest absolute Gasteiger partial charge is 0.419 e. The number of benzene rings is 2. The van der Waals surface area contributed by atoms with E-state index in [1.54, 1.807) is 38.5 Å². The average molecular weight is 371 g/mol. The number of methoxy groups -OCH3 is 2. The number of ether oxygens (including phenoxy) is 3. The Hall–Kier alpha value is -3.22. The number of aromatic nitrogens is 1. The minimum absolute atomic E-state index is 0.0652. The zero-order valence-electron chi connectivity index (χ0n) is 15.5. The van der Waals surface area contributed by atoms with Gasteiger partial charge in [-0.2, -0.15) is 0 Å². The molecule has 1 aromatic heterocycles. The second kappa shape index (κ2) is 7.99. The van der Waals surface area contributed by atoms with Crippen LogP contribution in [0.4, 0.5) is 0 Å². The first kappa shape index (κ1) is 18.6. The summed E-state index contributed by atoms with van der Waals surface area (Å²) in [5.74, 6) is 0.308. The number of fused-ring (bicyclic) bond motifs is 1. The Morgan fingerprint density at radius 2 is 1.81 bits per heavy atom. The van der Waals surface area contributed by atoms with E-state index in [9.17, 15) is 9.59 Å². The summed E-state index contributed by atoms with van der Waals surface area (Å²) in [6.07, 6.45) is 0.0652. The molecule has 0 spiro atoms. The molecule has 0 atom stereocenters. The van der Waals surface area contributed by atoms with Crippen molar-refractivity contribution in [1.29, 1.82) is 0 Å². The Labute approximate surface area is 156 Å². The number of carbonyl (C=O) groups is 1. The van der Waals surface area contributed by atoms with E-state index in [1.807, 2.05) is 19.1 Å². The Morgan fingerprint density at radius 3 is 2.56 bits per heavy atom. The van der Waals surface area contributed by atoms with Crippen LogP contribution in [0.3, 0.4) is 0 Å². The summed E-state index contributed by atoms with van der Waals surface area (Å²) in [6, 6.07) is 10.7. The van der Waals surface area contributed by atoms with Crippen LogP contribution in [0.1, 0.15) is 17.5 Å². The maximum absolute atomic E-state index is 12.1. The standard InChI is InChI=1S/C20H21NO6/c1-13-10-17(24-2)18(25-3)11-14(13)12-26-19(22)8-9-21-15-6-4-5-7-16(15)27-20(21)23/h4-7,10-11H,8-9,12H2,1-3H3. The van der Waals surface area contributed by atoms with E-state index >= 15 is 0 Å². The van der Waals surface area contributed by atoms with Crippen molar-refractivity contribution in [3.63, 3.8) is 0 Å². The van der Waals surface area contributed by atoms with Gasteiger partial charge >= 0.3 is 11.7 Å². The molecule has 0 fully saturated rings. The molecule has 0 aliphatic rings. The zero-order chi connectivity index (χ0) is 19.4. The van der Waals surface area contributed by atoms with Gasteiger partial charge < -0.3 is 18.6 Å². The molecular formula is C20H21NO6. The number of oxazole rings is 1. The van der Waals surface area contributed by atoms with Gasteiger partial charge in [0.05, 0.1) is 26.2 Å². The molecule has 2 aromatic carbocycles. The van der Waals surface area contributed by atoms with E-state index < -0.39 is 11.7 Å². The molecule has 3 aromatic rings. The summed E-state index contributed by atoms with van der Waals surface area (Å²) in [7, 11) is 3.12. The fourth-order valence-corrected chi connectivity index (χ4v) is 2.84. The van der Waals surface area contributed by atoms with Crippen molar-refractivity contribution in [2.75, 3.05) is 14.2 Å². The van der Waals surface area contributed by atoms with E-state index in [4.69, 9.17) is 18.6 Å². The van der Waals surface area contributed by atoms with Crippen molar-refractivity contribution in [2.24, 2.45) is 0 Å². The van der Waals surface area contributed by atoms with Crippen LogP contribution in [0, 0.1) is 6.92 Å². The monoisotopic (exact) mass is 371 g/mol. The fraction of sp³-hybridized carbons (Fsp3) is 0.300. The third kappa shape index (κ3) is 3.97. The van der Waals surface area contributed by atoms with Crippen LogP contribution in [0.5, 0.6) is 11.5 Å². The number of para-hydroxylation sites is 2. The first-order chi connectivity index (χ1) is 13.0. The lowest BCUT2D eigenvalue weighted by Gasteiger charge is -2.13. The van der Waals surface area contributed by atoms with Crippen LogP contribution >= 0.6 is 0 Å². The highest BCUT2D eigenvalue weighted by Crippen LogP contribution is 2.30. The van der Waals surface area contributed by atoms with E-state index in [2.05, 4.69) is 0 Å². The third-order valence-corrected chi connectivity index (χ3v) is 4.34. The topological polar surface area (TPSA) is 79.9 Å². The summed E-state index contributed by atoms with van der Waals surface area (Å²) in [6.45, 7) is 2.22. The van der Waals surface area contributed by atoms with Crippen molar-refractivity contribution in [3.8, 4) is 11.5 Å². The second-order valence-corrected chi connectivity index (χ2v) is 6.03. The van der Waals surface area contributed by atoms with E-state index in [0.717, 1.165) is 11.1 Å². The number of nitrogens with zero attached hydrogens (tertiary/aromatic N) is 1. The quantitative estimate of drug-likeness (QED) is 0.594. The molecule has 0 radical (unpaired) electrons. The second-order valence-electron chi connectivity index (χ2n) is 6.03. The van der Waals surface area contributed by atoms with Gasteiger partial charge in [0.2, 0.25) is 0 Å². The number of aryl methyl sites for hydroxylation is 2. The van der Waals surface area contributed by atoms with Crippen LogP contribution in [0.25, 0.3) is 11.1 Å². The highest BCUT2D eigenvalue weighted by atomic mass is 16.5. The Balaban J connectivity index is 1.63. The van der Waals surface area contributed by atoms with Gasteiger partial charge in [-0.15, -0.1) is 0 Å². The lowest BCUT2D eigenvalue weighted by molar-refractivity contribution is -0.145. The SMILES string of the molecule is COc1cc(C)c(COC(=O)CCn2c(=O)oc3ccccc32)cc1OC. The van der Waals surface area contributed by atoms with Gasteiger partial charge in [-0.1, -0.05) is 12.1 Å². The van der Waals surface area contributed by atoms with Crippen LogP contribution in [0.15, 0.2) is 45.6 Å². The summed E-state index contributed by atoms with van der Waals surface area (Å²) in [4.78, 5) is 24.0. The third-order valence-electron chi connectivity index (χ3n) is 4.34. The molecule has 0 N–H and O–H groups in total. The molecule has 0 saturated carbocycles. The summed E-state index contributed by atoms with van der Waals surface area (Å²) in [5, 5.41) is 0. The molecule has 3 rings (SSSR count). The van der Waals surface area contributed by atoms with E-state index in [0.29, 0.717) is 22.6 Å². The molecule has 0 aliphatic heterocycles. The molecule has 0 amide bonds. The molecule has 0 saturated heterocycles. The van der Waals surface area contributed by atoms with Crippen LogP contribution < -0.4 is 15.2 Å². The molecule has 0 bridgehead atoms. The van der Waals surface area contributed by atoms with Crippen molar-refractivity contribution in [3.05, 3.63) is 58.1 Å². The Kier molecular flexibility index (Phi) is 5.49. The lowest BCUT2D eigenvalue weighted by atomic mass is 10.1. The van der Waals surface area contributed by atoms with Crippen LogP contribution in [-0.2, 0) is 22.7 Å². The molecule has 27 heavy (non-hydrogen) atoms. The molecule has 7 heteroatoms. The highest BCUT2D eigenvalue weighted by molar-refractivity contribution is 5.73. The van der Waals surface area contributed by atoms with Gasteiger partial charge in [-0.25, -0.2) is 4.79 Å². The molecule has 0 unspecified atom stereocenters. The lowest BCUT2D eigenvalue weighted by Crippen LogP contribution is -2.17. The predicted molar refractivity (Wildman–Crippen MR) is 99.2 cm³/mol. The Morgan fingerprint density at radius 1 is 1.11 bits per heavy atom. The van der Waals surface area contributed by atoms with Crippen molar-refractivity contribution in [1.82, 2.24) is 4.57 Å². The van der Waals surface area contributed by atoms with Gasteiger partial charge in [0.25, 0.3) is 0 Å². The van der Waals surface area contributed by atoms with E-state index in [-0.39, 0.29) is 19.6 Å². The molecule has 0 aliphatic carbocycles. The first-order valence-electron chi connectivity index (χ1n) is 8.49. The number of esters is 1. The first-order valence-corrected chi connectivity index (χ1v) is 8.49. The minimum Gasteiger partial charge on any atom is -0.493 e. The predicted octanol–water partition coefficient (Wildman–Crippen LogP) is 3.05. The molecular weight excluding hydrogens is 350 g/mol. The summed E-state index contributed by atoms with van der Waals surface area (Å²) in [5.41, 5.74) is 2.91. The van der Waals surface area contributed by atoms with Gasteiger partial charge in [0.1, 0.15) is 6.61 Å². The van der Waals surface area contributed by atoms with Gasteiger partial charge in [0.15, 0.2) is 17.1 Å². The maximum Gasteiger partial charge on any atom is 0.419 e. The largest absolute Gasteiger partial charge is 0.493 e. The highest BCUT2D eigenvalue weighted by Gasteiger charge is 2.13. The van der Waals surface area contributed by atoms with Crippen molar-refractivity contribution in [2.45, 2.75) is 26.5 Å². The number of carbonyl (C=O) groups excluding carboxylic acids is 1. The maximum atomic E-state index is 12.1. The van der Waals surface area contributed by atoms with Gasteiger partial charge in [-0.05, 0) is 42.3 Å². The molecule has 7 nitrogen and oxygen atoms in total. The molecule has 1 heterocycles. The number of hydrogen-bond acceptors (Lipinski definition) is 6. The van der Waals surface area contributed by atoms with Crippen molar-refractivity contribution < 1.29 is 23.4 Å². The normalized spacial score (nSPS) is 10.8. The number of rotatable bonds is 7. The summed E-state index contributed by atoms with van der Waals surface area (Å²) < 4.78 is 22.5. The van der Waals surface area contributed by atoms with Gasteiger partial charge in [0, 0.05) is 6.54 Å². The van der Waals surface area contributed by atoms with Crippen molar-refractivity contribution >= 4 is 17.1 Å². The zero-order valence-corrected chi connectivity index (χ0v) is 15.5. The minimum atomic E-state index is -0.486. The number of hydrogen-bond donors (Lipinski definition) is 0. The Bertz CT molecular complexity index is 1020. The van der Waals surface area contributed by atoms with Gasteiger partial charge in [-0.3, -0.25) is 9.36 Å². The van der Waals surface area contributed by atoms with E-state index in [1.165, 1.54) is 4.57 Å².